The van der Waals surface area contributed by atoms with E-state index in [1.165, 1.54) is 0 Å². The molecule has 3 nitrogen and oxygen atoms in total. The SMILES string of the molecule is CCCCC1C(=O)OC(=O)CC1C. The molecule has 74 valence electrons. The summed E-state index contributed by atoms with van der Waals surface area (Å²) in [7, 11) is 0. The first kappa shape index (κ1) is 10.2. The van der Waals surface area contributed by atoms with E-state index in [-0.39, 0.29) is 23.8 Å². The molecule has 0 aromatic heterocycles. The molecule has 13 heavy (non-hydrogen) atoms. The highest BCUT2D eigenvalue weighted by molar-refractivity contribution is 5.89. The van der Waals surface area contributed by atoms with Crippen LogP contribution in [0.25, 0.3) is 0 Å². The van der Waals surface area contributed by atoms with Crippen molar-refractivity contribution in [1.82, 2.24) is 0 Å². The summed E-state index contributed by atoms with van der Waals surface area (Å²) in [5.74, 6) is -0.597. The van der Waals surface area contributed by atoms with Gasteiger partial charge in [-0.25, -0.2) is 0 Å². The largest absolute Gasteiger partial charge is 0.393 e. The van der Waals surface area contributed by atoms with E-state index in [9.17, 15) is 9.59 Å². The first-order valence-corrected chi connectivity index (χ1v) is 4.89. The van der Waals surface area contributed by atoms with Crippen LogP contribution in [0.1, 0.15) is 39.5 Å². The van der Waals surface area contributed by atoms with Gasteiger partial charge in [-0.3, -0.25) is 9.59 Å². The molecule has 0 spiro atoms. The fourth-order valence-corrected chi connectivity index (χ4v) is 1.69. The van der Waals surface area contributed by atoms with Crippen molar-refractivity contribution < 1.29 is 14.3 Å². The number of ether oxygens (including phenoxy) is 1. The second kappa shape index (κ2) is 4.40. The summed E-state index contributed by atoms with van der Waals surface area (Å²) in [6.07, 6.45) is 3.34. The molecule has 1 fully saturated rings. The van der Waals surface area contributed by atoms with Gasteiger partial charge < -0.3 is 4.74 Å². The van der Waals surface area contributed by atoms with Crippen molar-refractivity contribution in [2.24, 2.45) is 11.8 Å². The average molecular weight is 184 g/mol. The van der Waals surface area contributed by atoms with Crippen molar-refractivity contribution in [1.29, 1.82) is 0 Å². The molecule has 3 heteroatoms. The second-order valence-electron chi connectivity index (χ2n) is 3.72. The fraction of sp³-hybridized carbons (Fsp3) is 0.800. The molecule has 1 aliphatic rings. The smallest absolute Gasteiger partial charge is 0.316 e. The molecule has 2 unspecified atom stereocenters. The quantitative estimate of drug-likeness (QED) is 0.497. The first-order valence-electron chi connectivity index (χ1n) is 4.89. The van der Waals surface area contributed by atoms with Gasteiger partial charge in [0.1, 0.15) is 0 Å². The van der Waals surface area contributed by atoms with Gasteiger partial charge in [0, 0.05) is 6.42 Å². The van der Waals surface area contributed by atoms with Gasteiger partial charge >= 0.3 is 11.9 Å². The Kier molecular flexibility index (Phi) is 3.46. The molecular weight excluding hydrogens is 168 g/mol. The zero-order valence-corrected chi connectivity index (χ0v) is 8.21. The van der Waals surface area contributed by atoms with Gasteiger partial charge in [-0.15, -0.1) is 0 Å². The Labute approximate surface area is 78.5 Å². The lowest BCUT2D eigenvalue weighted by atomic mass is 9.85. The van der Waals surface area contributed by atoms with Crippen molar-refractivity contribution >= 4 is 11.9 Å². The van der Waals surface area contributed by atoms with Crippen LogP contribution in [0.15, 0.2) is 0 Å². The van der Waals surface area contributed by atoms with E-state index >= 15 is 0 Å². The fourth-order valence-electron chi connectivity index (χ4n) is 1.69. The molecule has 0 bridgehead atoms. The van der Waals surface area contributed by atoms with Crippen LogP contribution in [-0.4, -0.2) is 11.9 Å². The highest BCUT2D eigenvalue weighted by Gasteiger charge is 2.34. The van der Waals surface area contributed by atoms with E-state index in [0.717, 1.165) is 19.3 Å². The van der Waals surface area contributed by atoms with Crippen molar-refractivity contribution in [2.75, 3.05) is 0 Å². The van der Waals surface area contributed by atoms with Crippen LogP contribution in [0, 0.1) is 11.8 Å². The first-order chi connectivity index (χ1) is 6.15. The highest BCUT2D eigenvalue weighted by atomic mass is 16.6. The van der Waals surface area contributed by atoms with Crippen molar-refractivity contribution in [3.05, 3.63) is 0 Å². The predicted octanol–water partition coefficient (Wildman–Crippen LogP) is 1.90. The van der Waals surface area contributed by atoms with Crippen LogP contribution >= 0.6 is 0 Å². The minimum absolute atomic E-state index is 0.0577. The third-order valence-corrected chi connectivity index (χ3v) is 2.56. The summed E-state index contributed by atoms with van der Waals surface area (Å²) < 4.78 is 4.59. The molecule has 0 aliphatic carbocycles. The Bertz CT molecular complexity index is 210. The number of cyclic esters (lactones) is 2. The highest BCUT2D eigenvalue weighted by Crippen LogP contribution is 2.27. The molecule has 0 amide bonds. The zero-order valence-electron chi connectivity index (χ0n) is 8.21. The maximum Gasteiger partial charge on any atom is 0.316 e. The lowest BCUT2D eigenvalue weighted by Gasteiger charge is -2.25. The third kappa shape index (κ3) is 2.54. The number of unbranched alkanes of at least 4 members (excludes halogenated alkanes) is 1. The molecule has 1 heterocycles. The molecule has 0 saturated carbocycles. The van der Waals surface area contributed by atoms with Gasteiger partial charge in [-0.1, -0.05) is 26.7 Å². The minimum atomic E-state index is -0.370. The summed E-state index contributed by atoms with van der Waals surface area (Å²) in [4.78, 5) is 22.1. The number of rotatable bonds is 3. The summed E-state index contributed by atoms with van der Waals surface area (Å²) in [6, 6.07) is 0. The van der Waals surface area contributed by atoms with Crippen molar-refractivity contribution in [3.63, 3.8) is 0 Å². The summed E-state index contributed by atoms with van der Waals surface area (Å²) in [5.41, 5.74) is 0. The second-order valence-corrected chi connectivity index (χ2v) is 3.72. The molecule has 0 radical (unpaired) electrons. The molecule has 0 N–H and O–H groups in total. The van der Waals surface area contributed by atoms with Gasteiger partial charge in [0.2, 0.25) is 0 Å². The summed E-state index contributed by atoms with van der Waals surface area (Å²) in [6.45, 7) is 4.03. The Hall–Kier alpha value is -0.860. The Balaban J connectivity index is 2.51. The third-order valence-electron chi connectivity index (χ3n) is 2.56. The minimum Gasteiger partial charge on any atom is -0.393 e. The van der Waals surface area contributed by atoms with Crippen molar-refractivity contribution in [2.45, 2.75) is 39.5 Å². The topological polar surface area (TPSA) is 43.4 Å². The average Bonchev–Trinajstić information content (AvgIpc) is 2.02. The van der Waals surface area contributed by atoms with E-state index < -0.39 is 0 Å². The number of carbonyl (C=O) groups excluding carboxylic acids is 2. The molecular formula is C10H16O3. The number of carbonyl (C=O) groups is 2. The maximum atomic E-state index is 11.3. The Morgan fingerprint density at radius 3 is 2.69 bits per heavy atom. The van der Waals surface area contributed by atoms with Gasteiger partial charge in [0.05, 0.1) is 5.92 Å². The lowest BCUT2D eigenvalue weighted by molar-refractivity contribution is -0.170. The summed E-state index contributed by atoms with van der Waals surface area (Å²) >= 11 is 0. The standard InChI is InChI=1S/C10H16O3/c1-3-4-5-8-7(2)6-9(11)13-10(8)12/h7-8H,3-6H2,1-2H3. The predicted molar refractivity (Wildman–Crippen MR) is 47.9 cm³/mol. The van der Waals surface area contributed by atoms with E-state index in [0.29, 0.717) is 6.42 Å². The van der Waals surface area contributed by atoms with Crippen LogP contribution in [0.5, 0.6) is 0 Å². The maximum absolute atomic E-state index is 11.3. The van der Waals surface area contributed by atoms with E-state index in [1.807, 2.05) is 6.92 Å². The normalized spacial score (nSPS) is 28.8. The van der Waals surface area contributed by atoms with Crippen molar-refractivity contribution in [3.8, 4) is 0 Å². The molecule has 1 rings (SSSR count). The number of esters is 2. The molecule has 0 aromatic carbocycles. The van der Waals surface area contributed by atoms with E-state index in [2.05, 4.69) is 11.7 Å². The van der Waals surface area contributed by atoms with Crippen LogP contribution < -0.4 is 0 Å². The van der Waals surface area contributed by atoms with Gasteiger partial charge in [0.15, 0.2) is 0 Å². The van der Waals surface area contributed by atoms with E-state index in [4.69, 9.17) is 0 Å². The Morgan fingerprint density at radius 2 is 2.15 bits per heavy atom. The molecule has 2 atom stereocenters. The molecule has 1 saturated heterocycles. The van der Waals surface area contributed by atoms with Crippen LogP contribution in [0.3, 0.4) is 0 Å². The lowest BCUT2D eigenvalue weighted by Crippen LogP contribution is -2.33. The Morgan fingerprint density at radius 1 is 1.46 bits per heavy atom. The van der Waals surface area contributed by atoms with Gasteiger partial charge in [-0.05, 0) is 12.3 Å². The van der Waals surface area contributed by atoms with Gasteiger partial charge in [0.25, 0.3) is 0 Å². The van der Waals surface area contributed by atoms with Crippen LogP contribution in [0.2, 0.25) is 0 Å². The van der Waals surface area contributed by atoms with E-state index in [1.54, 1.807) is 0 Å². The van der Waals surface area contributed by atoms with Crippen LogP contribution in [0.4, 0.5) is 0 Å². The monoisotopic (exact) mass is 184 g/mol. The number of hydrogen-bond donors (Lipinski definition) is 0. The number of hydrogen-bond acceptors (Lipinski definition) is 3. The summed E-state index contributed by atoms with van der Waals surface area (Å²) in [5, 5.41) is 0. The van der Waals surface area contributed by atoms with Gasteiger partial charge in [-0.2, -0.15) is 0 Å². The molecule has 1 aliphatic heterocycles. The molecule has 0 aromatic rings. The zero-order chi connectivity index (χ0) is 9.84. The van der Waals surface area contributed by atoms with Crippen LogP contribution in [-0.2, 0) is 14.3 Å².